The van der Waals surface area contributed by atoms with Crippen molar-refractivity contribution in [2.24, 2.45) is 5.41 Å². The monoisotopic (exact) mass is 390 g/mol. The third-order valence-corrected chi connectivity index (χ3v) is 4.78. The minimum Gasteiger partial charge on any atom is -0.485 e. The third kappa shape index (κ3) is 3.68. The second-order valence-corrected chi connectivity index (χ2v) is 8.18. The highest BCUT2D eigenvalue weighted by molar-refractivity contribution is 6.12. The Balaban J connectivity index is 1.60. The predicted molar refractivity (Wildman–Crippen MR) is 109 cm³/mol. The number of carbonyl (C=O) groups is 2. The molecule has 1 atom stereocenters. The van der Waals surface area contributed by atoms with E-state index in [1.807, 2.05) is 37.3 Å². The van der Waals surface area contributed by atoms with Crippen LogP contribution in [0.3, 0.4) is 0 Å². The van der Waals surface area contributed by atoms with Gasteiger partial charge in [-0.05, 0) is 63.6 Å². The van der Waals surface area contributed by atoms with Crippen LogP contribution in [0.1, 0.15) is 43.6 Å². The van der Waals surface area contributed by atoms with Crippen LogP contribution in [0.5, 0.6) is 17.2 Å². The Hall–Kier alpha value is -3.34. The van der Waals surface area contributed by atoms with Crippen LogP contribution in [-0.2, 0) is 4.79 Å². The summed E-state index contributed by atoms with van der Waals surface area (Å²) in [6, 6.07) is 12.5. The SMILES string of the molecule is C[C@@H]1Oc2ccccc2C=C1/C=C1/Oc2cc(OC(=O)C(C)(C)C)ccc2C1=O. The molecule has 2 aliphatic rings. The van der Waals surface area contributed by atoms with Crippen molar-refractivity contribution in [1.82, 2.24) is 0 Å². The number of rotatable bonds is 2. The van der Waals surface area contributed by atoms with Gasteiger partial charge in [-0.1, -0.05) is 18.2 Å². The lowest BCUT2D eigenvalue weighted by atomic mass is 9.97. The minimum atomic E-state index is -0.624. The van der Waals surface area contributed by atoms with Crippen molar-refractivity contribution in [2.45, 2.75) is 33.8 Å². The minimum absolute atomic E-state index is 0.208. The van der Waals surface area contributed by atoms with E-state index in [1.165, 1.54) is 0 Å². The Morgan fingerprint density at radius 3 is 2.62 bits per heavy atom. The summed E-state index contributed by atoms with van der Waals surface area (Å²) in [6.07, 6.45) is 3.50. The van der Waals surface area contributed by atoms with Crippen LogP contribution in [0.15, 0.2) is 59.9 Å². The first-order chi connectivity index (χ1) is 13.7. The van der Waals surface area contributed by atoms with E-state index in [4.69, 9.17) is 14.2 Å². The zero-order valence-electron chi connectivity index (χ0n) is 16.8. The lowest BCUT2D eigenvalue weighted by Gasteiger charge is -2.22. The molecule has 0 aromatic heterocycles. The van der Waals surface area contributed by atoms with Gasteiger partial charge in [0.05, 0.1) is 11.0 Å². The van der Waals surface area contributed by atoms with Crippen LogP contribution in [0.4, 0.5) is 0 Å². The van der Waals surface area contributed by atoms with E-state index in [-0.39, 0.29) is 23.6 Å². The normalized spacial score (nSPS) is 19.0. The molecule has 29 heavy (non-hydrogen) atoms. The molecule has 2 heterocycles. The molecule has 4 rings (SSSR count). The molecule has 0 aliphatic carbocycles. The summed E-state index contributed by atoms with van der Waals surface area (Å²) in [5.41, 5.74) is 1.62. The molecule has 0 spiro atoms. The molecule has 0 amide bonds. The number of benzene rings is 2. The zero-order chi connectivity index (χ0) is 20.8. The molecule has 148 valence electrons. The van der Waals surface area contributed by atoms with Crippen molar-refractivity contribution in [3.05, 3.63) is 71.0 Å². The van der Waals surface area contributed by atoms with Crippen molar-refractivity contribution >= 4 is 17.8 Å². The number of hydrogen-bond acceptors (Lipinski definition) is 5. The van der Waals surface area contributed by atoms with E-state index in [9.17, 15) is 9.59 Å². The molecule has 0 radical (unpaired) electrons. The molecule has 0 bridgehead atoms. The average Bonchev–Trinajstić information content (AvgIpc) is 2.96. The summed E-state index contributed by atoms with van der Waals surface area (Å²) in [5, 5.41) is 0. The van der Waals surface area contributed by atoms with E-state index in [0.717, 1.165) is 16.9 Å². The number of esters is 1. The van der Waals surface area contributed by atoms with Crippen molar-refractivity contribution in [2.75, 3.05) is 0 Å². The quantitative estimate of drug-likeness (QED) is 0.412. The van der Waals surface area contributed by atoms with Crippen LogP contribution in [0, 0.1) is 5.41 Å². The summed E-state index contributed by atoms with van der Waals surface area (Å²) in [7, 11) is 0. The van der Waals surface area contributed by atoms with Gasteiger partial charge in [0.1, 0.15) is 23.4 Å². The third-order valence-electron chi connectivity index (χ3n) is 4.78. The van der Waals surface area contributed by atoms with Gasteiger partial charge in [-0.3, -0.25) is 9.59 Å². The topological polar surface area (TPSA) is 61.8 Å². The molecule has 0 saturated heterocycles. The van der Waals surface area contributed by atoms with Crippen LogP contribution >= 0.6 is 0 Å². The van der Waals surface area contributed by atoms with Crippen LogP contribution < -0.4 is 14.2 Å². The Bertz CT molecular complexity index is 1070. The molecule has 5 heteroatoms. The van der Waals surface area contributed by atoms with Gasteiger partial charge in [-0.2, -0.15) is 0 Å². The fraction of sp³-hybridized carbons (Fsp3) is 0.250. The fourth-order valence-corrected chi connectivity index (χ4v) is 3.06. The van der Waals surface area contributed by atoms with Gasteiger partial charge in [0, 0.05) is 11.6 Å². The van der Waals surface area contributed by atoms with Gasteiger partial charge in [0.25, 0.3) is 0 Å². The number of ketones is 1. The number of Topliss-reactive ketones (excluding diaryl/α,β-unsaturated/α-hetero) is 1. The summed E-state index contributed by atoms with van der Waals surface area (Å²) in [6.45, 7) is 7.27. The van der Waals surface area contributed by atoms with Gasteiger partial charge < -0.3 is 14.2 Å². The van der Waals surface area contributed by atoms with E-state index >= 15 is 0 Å². The summed E-state index contributed by atoms with van der Waals surface area (Å²) in [4.78, 5) is 24.8. The fourth-order valence-electron chi connectivity index (χ4n) is 3.06. The Kier molecular flexibility index (Phi) is 4.53. The maximum Gasteiger partial charge on any atom is 0.316 e. The van der Waals surface area contributed by atoms with E-state index in [2.05, 4.69) is 0 Å². The largest absolute Gasteiger partial charge is 0.485 e. The molecule has 0 N–H and O–H groups in total. The molecule has 0 fully saturated rings. The van der Waals surface area contributed by atoms with Crippen LogP contribution in [-0.4, -0.2) is 17.9 Å². The molecular weight excluding hydrogens is 368 g/mol. The maximum absolute atomic E-state index is 12.7. The first kappa shape index (κ1) is 19.0. The summed E-state index contributed by atoms with van der Waals surface area (Å²) in [5.74, 6) is 1.20. The van der Waals surface area contributed by atoms with Crippen LogP contribution in [0.25, 0.3) is 6.08 Å². The highest BCUT2D eigenvalue weighted by Crippen LogP contribution is 2.37. The lowest BCUT2D eigenvalue weighted by Crippen LogP contribution is -2.25. The first-order valence-electron chi connectivity index (χ1n) is 9.50. The van der Waals surface area contributed by atoms with Crippen molar-refractivity contribution in [3.63, 3.8) is 0 Å². The molecule has 0 saturated carbocycles. The molecule has 5 nitrogen and oxygen atoms in total. The second-order valence-electron chi connectivity index (χ2n) is 8.18. The number of ether oxygens (including phenoxy) is 3. The first-order valence-corrected chi connectivity index (χ1v) is 9.50. The number of carbonyl (C=O) groups excluding carboxylic acids is 2. The van der Waals surface area contributed by atoms with Gasteiger partial charge in [0.2, 0.25) is 5.78 Å². The van der Waals surface area contributed by atoms with E-state index in [1.54, 1.807) is 45.0 Å². The van der Waals surface area contributed by atoms with Crippen molar-refractivity contribution in [3.8, 4) is 17.2 Å². The number of para-hydroxylation sites is 1. The van der Waals surface area contributed by atoms with Gasteiger partial charge >= 0.3 is 5.97 Å². The Morgan fingerprint density at radius 1 is 1.10 bits per heavy atom. The number of fused-ring (bicyclic) bond motifs is 2. The van der Waals surface area contributed by atoms with E-state index in [0.29, 0.717) is 17.1 Å². The Morgan fingerprint density at radius 2 is 1.86 bits per heavy atom. The highest BCUT2D eigenvalue weighted by atomic mass is 16.5. The van der Waals surface area contributed by atoms with Crippen molar-refractivity contribution < 1.29 is 23.8 Å². The predicted octanol–water partition coefficient (Wildman–Crippen LogP) is 4.96. The molecule has 2 aliphatic heterocycles. The number of hydrogen-bond donors (Lipinski definition) is 0. The summed E-state index contributed by atoms with van der Waals surface area (Å²) < 4.78 is 17.1. The molecular formula is C24H22O5. The maximum atomic E-state index is 12.7. The van der Waals surface area contributed by atoms with Crippen molar-refractivity contribution in [1.29, 1.82) is 0 Å². The zero-order valence-corrected chi connectivity index (χ0v) is 16.8. The number of allylic oxidation sites excluding steroid dienone is 1. The van der Waals surface area contributed by atoms with E-state index < -0.39 is 5.41 Å². The van der Waals surface area contributed by atoms with Gasteiger partial charge in [-0.15, -0.1) is 0 Å². The smallest absolute Gasteiger partial charge is 0.316 e. The van der Waals surface area contributed by atoms with Crippen LogP contribution in [0.2, 0.25) is 0 Å². The highest BCUT2D eigenvalue weighted by Gasteiger charge is 2.30. The lowest BCUT2D eigenvalue weighted by molar-refractivity contribution is -0.143. The standard InChI is InChI=1S/C24H22O5/c1-14-16(11-15-7-5-6-8-19(15)27-14)12-21-22(25)18-10-9-17(13-20(18)29-21)28-23(26)24(2,3)4/h5-14H,1-4H3/b21-12+/t14-/m0/s1. The van der Waals surface area contributed by atoms with Gasteiger partial charge in [0.15, 0.2) is 5.76 Å². The second kappa shape index (κ2) is 6.92. The summed E-state index contributed by atoms with van der Waals surface area (Å²) >= 11 is 0. The molecule has 2 aromatic rings. The van der Waals surface area contributed by atoms with Gasteiger partial charge in [-0.25, -0.2) is 0 Å². The Labute approximate surface area is 169 Å². The molecule has 0 unspecified atom stereocenters. The molecule has 2 aromatic carbocycles. The average molecular weight is 390 g/mol.